The maximum atomic E-state index is 13.7. The van der Waals surface area contributed by atoms with Gasteiger partial charge in [-0.1, -0.05) is 18.2 Å². The molecule has 0 saturated carbocycles. The summed E-state index contributed by atoms with van der Waals surface area (Å²) in [6, 6.07) is 10.1. The molecule has 7 nitrogen and oxygen atoms in total. The number of anilines is 1. The summed E-state index contributed by atoms with van der Waals surface area (Å²) in [6.45, 7) is 3.47. The molecular weight excluding hydrogens is 430 g/mol. The lowest BCUT2D eigenvalue weighted by molar-refractivity contribution is -0.158. The van der Waals surface area contributed by atoms with E-state index in [0.29, 0.717) is 55.8 Å². The fraction of sp³-hybridized carbons (Fsp3) is 0.375. The molecule has 0 spiro atoms. The van der Waals surface area contributed by atoms with Crippen LogP contribution in [0.1, 0.15) is 24.0 Å². The van der Waals surface area contributed by atoms with Crippen molar-refractivity contribution in [3.8, 4) is 0 Å². The van der Waals surface area contributed by atoms with Crippen molar-refractivity contribution in [1.29, 1.82) is 0 Å². The number of nitrogens with zero attached hydrogens (tertiary/aromatic N) is 3. The van der Waals surface area contributed by atoms with Crippen LogP contribution in [-0.2, 0) is 16.1 Å². The highest BCUT2D eigenvalue weighted by Crippen LogP contribution is 2.22. The highest BCUT2D eigenvalue weighted by molar-refractivity contribution is 6.35. The van der Waals surface area contributed by atoms with E-state index in [4.69, 9.17) is 0 Å². The Balaban J connectivity index is 1.29. The first kappa shape index (κ1) is 22.7. The normalized spacial score (nSPS) is 17.5. The number of likely N-dealkylation sites (tertiary alicyclic amines) is 1. The smallest absolute Gasteiger partial charge is 0.321 e. The van der Waals surface area contributed by atoms with Crippen LogP contribution in [0.3, 0.4) is 0 Å². The van der Waals surface area contributed by atoms with E-state index < -0.39 is 11.8 Å². The van der Waals surface area contributed by atoms with E-state index in [2.05, 4.69) is 5.32 Å². The minimum Gasteiger partial charge on any atom is -0.330 e. The number of amides is 4. The number of hydrogen-bond donors (Lipinski definition) is 1. The predicted octanol–water partition coefficient (Wildman–Crippen LogP) is 3.14. The molecule has 0 atom stereocenters. The summed E-state index contributed by atoms with van der Waals surface area (Å²) in [7, 11) is 0. The van der Waals surface area contributed by atoms with Crippen LogP contribution in [0.25, 0.3) is 0 Å². The average molecular weight is 456 g/mol. The summed E-state index contributed by atoms with van der Waals surface area (Å²) in [5, 5.41) is 2.70. The van der Waals surface area contributed by atoms with E-state index in [-0.39, 0.29) is 30.3 Å². The Labute approximate surface area is 191 Å². The van der Waals surface area contributed by atoms with Crippen LogP contribution in [0.15, 0.2) is 42.5 Å². The van der Waals surface area contributed by atoms with Crippen LogP contribution in [0.5, 0.6) is 0 Å². The quantitative estimate of drug-likeness (QED) is 0.719. The zero-order chi connectivity index (χ0) is 23.5. The second-order valence-corrected chi connectivity index (χ2v) is 8.47. The number of urea groups is 1. The molecule has 174 valence electrons. The molecule has 2 heterocycles. The molecule has 0 aromatic heterocycles. The molecule has 2 aliphatic rings. The van der Waals surface area contributed by atoms with Gasteiger partial charge in [-0.05, 0) is 55.2 Å². The maximum Gasteiger partial charge on any atom is 0.321 e. The lowest BCUT2D eigenvalue weighted by atomic mass is 10.0. The molecule has 4 rings (SSSR count). The van der Waals surface area contributed by atoms with E-state index in [9.17, 15) is 23.2 Å². The zero-order valence-corrected chi connectivity index (χ0v) is 18.4. The fourth-order valence-corrected chi connectivity index (χ4v) is 4.30. The summed E-state index contributed by atoms with van der Waals surface area (Å²) in [5.41, 5.74) is 1.53. The van der Waals surface area contributed by atoms with Gasteiger partial charge in [-0.15, -0.1) is 0 Å². The molecule has 2 aliphatic heterocycles. The van der Waals surface area contributed by atoms with Gasteiger partial charge in [0.05, 0.1) is 0 Å². The molecule has 9 heteroatoms. The first-order valence-electron chi connectivity index (χ1n) is 11.0. The summed E-state index contributed by atoms with van der Waals surface area (Å²) in [4.78, 5) is 42.6. The topological polar surface area (TPSA) is 73.0 Å². The van der Waals surface area contributed by atoms with E-state index in [1.807, 2.05) is 0 Å². The number of carbonyl (C=O) groups is 3. The van der Waals surface area contributed by atoms with Crippen molar-refractivity contribution in [1.82, 2.24) is 14.7 Å². The minimum absolute atomic E-state index is 0.126. The number of hydrogen-bond acceptors (Lipinski definition) is 3. The molecular formula is C24H26F2N4O3. The molecule has 33 heavy (non-hydrogen) atoms. The SMILES string of the molecule is Cc1ccc(NC(=O)N2CCC(N3CCN(Cc4cccc(F)c4)C(=O)C3=O)CC2)cc1F. The number of nitrogens with one attached hydrogen (secondary N) is 1. The third-order valence-electron chi connectivity index (χ3n) is 6.22. The van der Waals surface area contributed by atoms with Crippen LogP contribution < -0.4 is 5.32 Å². The van der Waals surface area contributed by atoms with Gasteiger partial charge in [-0.3, -0.25) is 9.59 Å². The van der Waals surface area contributed by atoms with Gasteiger partial charge in [-0.2, -0.15) is 0 Å². The van der Waals surface area contributed by atoms with Crippen molar-refractivity contribution in [2.75, 3.05) is 31.5 Å². The van der Waals surface area contributed by atoms with Gasteiger partial charge < -0.3 is 20.0 Å². The van der Waals surface area contributed by atoms with Crippen LogP contribution in [0.2, 0.25) is 0 Å². The maximum absolute atomic E-state index is 13.7. The molecule has 2 fully saturated rings. The van der Waals surface area contributed by atoms with Crippen molar-refractivity contribution in [3.63, 3.8) is 0 Å². The monoisotopic (exact) mass is 456 g/mol. The summed E-state index contributed by atoms with van der Waals surface area (Å²) in [6.07, 6.45) is 1.11. The Hall–Kier alpha value is -3.49. The molecule has 0 radical (unpaired) electrons. The lowest BCUT2D eigenvalue weighted by Gasteiger charge is -2.42. The second-order valence-electron chi connectivity index (χ2n) is 8.47. The molecule has 2 aromatic rings. The Morgan fingerprint density at radius 1 is 1.00 bits per heavy atom. The number of aryl methyl sites for hydroxylation is 1. The minimum atomic E-state index is -0.591. The Kier molecular flexibility index (Phi) is 6.57. The van der Waals surface area contributed by atoms with Crippen molar-refractivity contribution in [3.05, 3.63) is 65.2 Å². The van der Waals surface area contributed by atoms with Gasteiger partial charge >= 0.3 is 17.8 Å². The van der Waals surface area contributed by atoms with Gasteiger partial charge in [0, 0.05) is 44.5 Å². The molecule has 0 unspecified atom stereocenters. The zero-order valence-electron chi connectivity index (χ0n) is 18.4. The molecule has 4 amide bonds. The van der Waals surface area contributed by atoms with Crippen molar-refractivity contribution in [2.24, 2.45) is 0 Å². The van der Waals surface area contributed by atoms with Crippen LogP contribution in [0, 0.1) is 18.6 Å². The number of piperidine rings is 1. The van der Waals surface area contributed by atoms with E-state index >= 15 is 0 Å². The number of piperazine rings is 1. The molecule has 2 aromatic carbocycles. The van der Waals surface area contributed by atoms with E-state index in [1.165, 1.54) is 23.1 Å². The van der Waals surface area contributed by atoms with Crippen molar-refractivity contribution < 1.29 is 23.2 Å². The van der Waals surface area contributed by atoms with Gasteiger partial charge in [-0.25, -0.2) is 13.6 Å². The molecule has 2 saturated heterocycles. The molecule has 1 N–H and O–H groups in total. The van der Waals surface area contributed by atoms with Gasteiger partial charge in [0.25, 0.3) is 0 Å². The van der Waals surface area contributed by atoms with Crippen LogP contribution in [0.4, 0.5) is 19.3 Å². The average Bonchev–Trinajstić information content (AvgIpc) is 2.80. The van der Waals surface area contributed by atoms with Gasteiger partial charge in [0.2, 0.25) is 0 Å². The van der Waals surface area contributed by atoms with Crippen molar-refractivity contribution >= 4 is 23.5 Å². The third-order valence-corrected chi connectivity index (χ3v) is 6.22. The third kappa shape index (κ3) is 5.13. The number of carbonyl (C=O) groups excluding carboxylic acids is 3. The van der Waals surface area contributed by atoms with Crippen LogP contribution >= 0.6 is 0 Å². The second kappa shape index (κ2) is 9.56. The number of benzene rings is 2. The lowest BCUT2D eigenvalue weighted by Crippen LogP contribution is -2.59. The highest BCUT2D eigenvalue weighted by Gasteiger charge is 2.38. The van der Waals surface area contributed by atoms with E-state index in [0.717, 1.165) is 0 Å². The largest absolute Gasteiger partial charge is 0.330 e. The number of rotatable bonds is 4. The van der Waals surface area contributed by atoms with Crippen LogP contribution in [-0.4, -0.2) is 64.8 Å². The Morgan fingerprint density at radius 3 is 2.45 bits per heavy atom. The van der Waals surface area contributed by atoms with Gasteiger partial charge in [0.15, 0.2) is 0 Å². The van der Waals surface area contributed by atoms with Gasteiger partial charge in [0.1, 0.15) is 11.6 Å². The summed E-state index contributed by atoms with van der Waals surface area (Å²) in [5.74, 6) is -1.91. The molecule has 0 aliphatic carbocycles. The standard InChI is InChI=1S/C24H26F2N4O3/c1-16-5-6-19(14-21(16)26)27-24(33)28-9-7-20(8-10-28)30-12-11-29(22(31)23(30)32)15-17-3-2-4-18(25)13-17/h2-6,13-14,20H,7-12,15H2,1H3,(H,27,33). The predicted molar refractivity (Wildman–Crippen MR) is 118 cm³/mol. The number of halogens is 2. The first-order chi connectivity index (χ1) is 15.8. The van der Waals surface area contributed by atoms with E-state index in [1.54, 1.807) is 41.0 Å². The Bertz CT molecular complexity index is 1070. The van der Waals surface area contributed by atoms with Crippen molar-refractivity contribution in [2.45, 2.75) is 32.4 Å². The first-order valence-corrected chi connectivity index (χ1v) is 11.0. The highest BCUT2D eigenvalue weighted by atomic mass is 19.1. The fourth-order valence-electron chi connectivity index (χ4n) is 4.30. The summed E-state index contributed by atoms with van der Waals surface area (Å²) < 4.78 is 27.1. The summed E-state index contributed by atoms with van der Waals surface area (Å²) >= 11 is 0. The Morgan fingerprint density at radius 2 is 1.76 bits per heavy atom. The molecule has 0 bridgehead atoms.